The van der Waals surface area contributed by atoms with Crippen LogP contribution in [-0.2, 0) is 14.1 Å². The number of aryl methyl sites for hydroxylation is 2. The molecule has 2 nitrogen and oxygen atoms in total. The van der Waals surface area contributed by atoms with E-state index >= 15 is 0 Å². The Morgan fingerprint density at radius 3 is 1.33 bits per heavy atom. The molecular weight excluding hydrogens is 148 g/mol. The van der Waals surface area contributed by atoms with Crippen LogP contribution in [0.25, 0.3) is 0 Å². The molecule has 0 bridgehead atoms. The van der Waals surface area contributed by atoms with E-state index in [9.17, 15) is 0 Å². The Bertz CT molecular complexity index is 227. The van der Waals surface area contributed by atoms with Crippen LogP contribution < -0.4 is 9.13 Å². The van der Waals surface area contributed by atoms with E-state index in [1.54, 1.807) is 0 Å². The normalized spacial score (nSPS) is 8.83. The Morgan fingerprint density at radius 2 is 1.08 bits per heavy atom. The summed E-state index contributed by atoms with van der Waals surface area (Å²) in [6, 6.07) is 0. The fraction of sp³-hybridized carbons (Fsp3) is 0.600. The Hall–Kier alpha value is -0.920. The molecule has 0 amide bonds. The van der Waals surface area contributed by atoms with Crippen molar-refractivity contribution in [2.75, 3.05) is 0 Å². The van der Waals surface area contributed by atoms with Crippen LogP contribution in [0.15, 0.2) is 12.4 Å². The van der Waals surface area contributed by atoms with Gasteiger partial charge in [0.05, 0.1) is 0 Å². The quantitative estimate of drug-likeness (QED) is 0.510. The predicted octanol–water partition coefficient (Wildman–Crippen LogP) is 0.979. The maximum Gasteiger partial charge on any atom is 0.245 e. The summed E-state index contributed by atoms with van der Waals surface area (Å²) in [5.41, 5.74) is 2.62. The van der Waals surface area contributed by atoms with Gasteiger partial charge in [0.25, 0.3) is 0 Å². The summed E-state index contributed by atoms with van der Waals surface area (Å²) in [4.78, 5) is 0. The summed E-state index contributed by atoms with van der Waals surface area (Å²) < 4.78 is 4.24. The molecule has 0 spiro atoms. The molecule has 0 aliphatic rings. The summed E-state index contributed by atoms with van der Waals surface area (Å²) >= 11 is 0. The topological polar surface area (TPSA) is 7.76 Å². The van der Waals surface area contributed by atoms with Crippen molar-refractivity contribution in [3.8, 4) is 0 Å². The van der Waals surface area contributed by atoms with E-state index < -0.39 is 0 Å². The van der Waals surface area contributed by atoms with Gasteiger partial charge < -0.3 is 0 Å². The summed E-state index contributed by atoms with van der Waals surface area (Å²) in [6.07, 6.45) is 4.12. The molecule has 0 atom stereocenters. The van der Waals surface area contributed by atoms with Gasteiger partial charge >= 0.3 is 0 Å². The molecule has 0 aromatic carbocycles. The number of nitrogens with zero attached hydrogens (tertiary/aromatic N) is 2. The van der Waals surface area contributed by atoms with E-state index in [1.165, 1.54) is 11.4 Å². The first-order valence-electron chi connectivity index (χ1n) is 4.44. The molecule has 0 unspecified atom stereocenters. The molecule has 0 radical (unpaired) electrons. The summed E-state index contributed by atoms with van der Waals surface area (Å²) in [7, 11) is 4.12. The van der Waals surface area contributed by atoms with Gasteiger partial charge in [-0.2, -0.15) is 9.13 Å². The molecule has 1 heterocycles. The van der Waals surface area contributed by atoms with E-state index in [4.69, 9.17) is 0 Å². The highest BCUT2D eigenvalue weighted by molar-refractivity contribution is 4.92. The molecule has 1 aromatic rings. The molecule has 1 rings (SSSR count). The van der Waals surface area contributed by atoms with Crippen molar-refractivity contribution in [2.45, 2.75) is 27.7 Å². The van der Waals surface area contributed by atoms with Crippen molar-refractivity contribution in [2.24, 2.45) is 14.1 Å². The molecular formula is C10H20N2+2. The minimum Gasteiger partial charge on any atom is -0.195 e. The summed E-state index contributed by atoms with van der Waals surface area (Å²) in [6.45, 7) is 8.24. The van der Waals surface area contributed by atoms with Gasteiger partial charge in [-0.25, -0.2) is 0 Å². The van der Waals surface area contributed by atoms with Gasteiger partial charge in [-0.15, -0.1) is 0 Å². The van der Waals surface area contributed by atoms with Crippen LogP contribution in [0.3, 0.4) is 0 Å². The highest BCUT2D eigenvalue weighted by Gasteiger charge is 2.12. The lowest BCUT2D eigenvalue weighted by Crippen LogP contribution is -2.43. The molecule has 2 heteroatoms. The zero-order valence-electron chi connectivity index (χ0n) is 9.05. The number of hydrogen-bond acceptors (Lipinski definition) is 0. The molecule has 68 valence electrons. The average molecular weight is 168 g/mol. The fourth-order valence-electron chi connectivity index (χ4n) is 0.934. The molecule has 1 aromatic heterocycles. The second-order valence-electron chi connectivity index (χ2n) is 2.69. The second kappa shape index (κ2) is 4.86. The third-order valence-electron chi connectivity index (χ3n) is 2.10. The first kappa shape index (κ1) is 11.1. The number of rotatable bonds is 0. The van der Waals surface area contributed by atoms with Crippen molar-refractivity contribution in [1.29, 1.82) is 0 Å². The minimum absolute atomic E-state index is 1.31. The van der Waals surface area contributed by atoms with Crippen LogP contribution in [0.1, 0.15) is 25.2 Å². The van der Waals surface area contributed by atoms with Crippen LogP contribution in [-0.4, -0.2) is 0 Å². The minimum atomic E-state index is 1.31. The number of hydrogen-bond donors (Lipinski definition) is 0. The van der Waals surface area contributed by atoms with Crippen molar-refractivity contribution >= 4 is 0 Å². The Kier molecular flexibility index (Phi) is 4.49. The first-order valence-corrected chi connectivity index (χ1v) is 4.44. The van der Waals surface area contributed by atoms with E-state index in [1.807, 2.05) is 13.8 Å². The third kappa shape index (κ3) is 2.29. The summed E-state index contributed by atoms with van der Waals surface area (Å²) in [5.74, 6) is 0. The maximum absolute atomic E-state index is 2.12. The van der Waals surface area contributed by atoms with Crippen molar-refractivity contribution in [3.05, 3.63) is 23.8 Å². The van der Waals surface area contributed by atoms with Crippen LogP contribution in [0.2, 0.25) is 0 Å². The van der Waals surface area contributed by atoms with Crippen LogP contribution in [0.5, 0.6) is 0 Å². The van der Waals surface area contributed by atoms with Gasteiger partial charge in [-0.3, -0.25) is 0 Å². The monoisotopic (exact) mass is 168 g/mol. The fourth-order valence-corrected chi connectivity index (χ4v) is 0.934. The van der Waals surface area contributed by atoms with Crippen molar-refractivity contribution in [1.82, 2.24) is 0 Å². The molecule has 0 saturated heterocycles. The largest absolute Gasteiger partial charge is 0.245 e. The molecule has 0 saturated carbocycles. The highest BCUT2D eigenvalue weighted by Crippen LogP contribution is 1.89. The maximum atomic E-state index is 2.12. The van der Waals surface area contributed by atoms with Gasteiger partial charge in [0.2, 0.25) is 23.8 Å². The van der Waals surface area contributed by atoms with E-state index in [2.05, 4.69) is 49.5 Å². The van der Waals surface area contributed by atoms with Crippen molar-refractivity contribution in [3.63, 3.8) is 0 Å². The lowest BCUT2D eigenvalue weighted by molar-refractivity contribution is -0.735. The smallest absolute Gasteiger partial charge is 0.195 e. The van der Waals surface area contributed by atoms with Gasteiger partial charge in [-0.1, -0.05) is 13.8 Å². The van der Waals surface area contributed by atoms with Crippen molar-refractivity contribution < 1.29 is 9.13 Å². The molecule has 0 fully saturated rings. The van der Waals surface area contributed by atoms with E-state index in [0.29, 0.717) is 0 Å². The molecule has 0 N–H and O–H groups in total. The van der Waals surface area contributed by atoms with Gasteiger partial charge in [-0.05, 0) is 0 Å². The highest BCUT2D eigenvalue weighted by atomic mass is 15.0. The molecule has 0 aliphatic carbocycles. The first-order chi connectivity index (χ1) is 5.63. The Labute approximate surface area is 75.5 Å². The third-order valence-corrected chi connectivity index (χ3v) is 2.10. The second-order valence-corrected chi connectivity index (χ2v) is 2.69. The SMILES string of the molecule is CC.Cc1c(C)[n+](C)cc[n+]1C. The van der Waals surface area contributed by atoms with E-state index in [0.717, 1.165) is 0 Å². The average Bonchev–Trinajstić information content (AvgIpc) is 2.12. The van der Waals surface area contributed by atoms with Crippen LogP contribution in [0, 0.1) is 13.8 Å². The van der Waals surface area contributed by atoms with Gasteiger partial charge in [0.1, 0.15) is 14.1 Å². The molecule has 12 heavy (non-hydrogen) atoms. The standard InChI is InChI=1S/C8H14N2.C2H6/c1-7-8(2)10(4)6-5-9(7)3;1-2/h5-6H,1-4H3;1-2H3/q+2;. The lowest BCUT2D eigenvalue weighted by atomic mass is 10.3. The Balaban J connectivity index is 0.000000561. The van der Waals surface area contributed by atoms with Gasteiger partial charge in [0.15, 0.2) is 0 Å². The zero-order valence-corrected chi connectivity index (χ0v) is 9.05. The Morgan fingerprint density at radius 1 is 0.833 bits per heavy atom. The van der Waals surface area contributed by atoms with E-state index in [-0.39, 0.29) is 0 Å². The summed E-state index contributed by atoms with van der Waals surface area (Å²) in [5, 5.41) is 0. The van der Waals surface area contributed by atoms with Crippen LogP contribution >= 0.6 is 0 Å². The lowest BCUT2D eigenvalue weighted by Gasteiger charge is -1.94. The zero-order chi connectivity index (χ0) is 9.72. The van der Waals surface area contributed by atoms with Gasteiger partial charge in [0, 0.05) is 13.8 Å². The van der Waals surface area contributed by atoms with Crippen LogP contribution in [0.4, 0.5) is 0 Å². The predicted molar refractivity (Wildman–Crippen MR) is 49.6 cm³/mol. The molecule has 0 aliphatic heterocycles. The number of aromatic nitrogens is 2.